The number of phenols is 3. The molecular weight excluding hydrogens is 1120 g/mol. The first-order valence-electron chi connectivity index (χ1n) is 32.5. The third-order valence-corrected chi connectivity index (χ3v) is 16.0. The van der Waals surface area contributed by atoms with Gasteiger partial charge in [-0.15, -0.1) is 0 Å². The van der Waals surface area contributed by atoms with Crippen LogP contribution in [0.1, 0.15) is 282 Å². The van der Waals surface area contributed by atoms with Crippen LogP contribution in [0.3, 0.4) is 0 Å². The summed E-state index contributed by atoms with van der Waals surface area (Å²) in [5.41, 5.74) is 6.61. The average molecular weight is 1240 g/mol. The summed E-state index contributed by atoms with van der Waals surface area (Å²) in [6, 6.07) is 11.9. The lowest BCUT2D eigenvalue weighted by Crippen LogP contribution is -2.43. The number of allylic oxidation sites excluding steroid dienone is 4. The standard InChI is InChI=1S/C58H92O10.C17H26O2.C2H6/c1-21-57(18,19)33-46(59)41(52(3,4)5)28-38(2)22-25-47(60)66-35-58(34-65-20,36-67-48(61)26-23-39-29-42(53(6,7)8)50(63)43(30-39)54(9,10)11)37-68-49(62)27-24-40-31-44(55(12,13)14)51(64)45(32-40)56(15,16)17;1-16(2,3)13-10-12(8-7-9-18)11-14(15(13)19)17(4,5)6;1-2/h28-32,59,63-64H,21-27,33-37H2,1-20H3;9-11,19H,7-8H2,1-6H3;1-2H3/b38-28+,46-41-;;. The maximum Gasteiger partial charge on any atom is 0.306 e. The van der Waals surface area contributed by atoms with Gasteiger partial charge in [0.15, 0.2) is 0 Å². The molecule has 0 saturated heterocycles. The van der Waals surface area contributed by atoms with Crippen LogP contribution >= 0.6 is 0 Å². The van der Waals surface area contributed by atoms with Crippen LogP contribution in [0, 0.1) is 16.2 Å². The number of rotatable bonds is 24. The zero-order chi connectivity index (χ0) is 69.3. The lowest BCUT2D eigenvalue weighted by atomic mass is 9.78. The number of aromatic hydroxyl groups is 3. The molecular formula is C77H124O12. The van der Waals surface area contributed by atoms with E-state index in [1.807, 2.05) is 146 Å². The number of carbonyl (C=O) groups is 4. The topological polar surface area (TPSA) is 186 Å². The second-order valence-corrected chi connectivity index (χ2v) is 32.5. The predicted molar refractivity (Wildman–Crippen MR) is 367 cm³/mol. The minimum Gasteiger partial charge on any atom is -0.512 e. The highest BCUT2D eigenvalue weighted by Crippen LogP contribution is 2.44. The highest BCUT2D eigenvalue weighted by Gasteiger charge is 2.37. The lowest BCUT2D eigenvalue weighted by Gasteiger charge is -2.31. The van der Waals surface area contributed by atoms with Crippen molar-refractivity contribution in [3.8, 4) is 17.2 Å². The summed E-state index contributed by atoms with van der Waals surface area (Å²) in [5.74, 6) is -0.189. The molecule has 12 heteroatoms. The van der Waals surface area contributed by atoms with E-state index in [2.05, 4.69) is 83.1 Å². The molecule has 504 valence electrons. The van der Waals surface area contributed by atoms with E-state index in [1.54, 1.807) is 0 Å². The molecule has 0 spiro atoms. The summed E-state index contributed by atoms with van der Waals surface area (Å²) in [7, 11) is 1.49. The number of carbonyl (C=O) groups excluding carboxylic acids is 4. The van der Waals surface area contributed by atoms with Crippen molar-refractivity contribution in [1.29, 1.82) is 0 Å². The van der Waals surface area contributed by atoms with E-state index in [-0.39, 0.29) is 101 Å². The van der Waals surface area contributed by atoms with E-state index < -0.39 is 23.3 Å². The average Bonchev–Trinajstić information content (AvgIpc) is 1.83. The Hall–Kier alpha value is -5.62. The van der Waals surface area contributed by atoms with Gasteiger partial charge in [-0.3, -0.25) is 14.4 Å². The summed E-state index contributed by atoms with van der Waals surface area (Å²) in [6.07, 6.45) is 6.90. The Morgan fingerprint density at radius 2 is 0.753 bits per heavy atom. The minimum atomic E-state index is -1.23. The van der Waals surface area contributed by atoms with Crippen LogP contribution in [-0.2, 0) is 89.9 Å². The van der Waals surface area contributed by atoms with E-state index >= 15 is 0 Å². The van der Waals surface area contributed by atoms with E-state index in [1.165, 1.54) is 7.11 Å². The number of benzene rings is 3. The normalized spacial score (nSPS) is 13.3. The molecule has 0 atom stereocenters. The maximum atomic E-state index is 13.6. The second kappa shape index (κ2) is 33.1. The van der Waals surface area contributed by atoms with Crippen LogP contribution in [0.2, 0.25) is 0 Å². The minimum absolute atomic E-state index is 0.0441. The molecule has 0 saturated carbocycles. The number of ether oxygens (including phenoxy) is 4. The van der Waals surface area contributed by atoms with Crippen LogP contribution in [0.5, 0.6) is 17.2 Å². The number of phenolic OH excluding ortho intramolecular Hbond substituents is 3. The highest BCUT2D eigenvalue weighted by molar-refractivity contribution is 5.71. The van der Waals surface area contributed by atoms with Gasteiger partial charge in [0.05, 0.1) is 17.8 Å². The van der Waals surface area contributed by atoms with Crippen molar-refractivity contribution in [1.82, 2.24) is 0 Å². The monoisotopic (exact) mass is 1240 g/mol. The van der Waals surface area contributed by atoms with Crippen molar-refractivity contribution in [2.45, 2.75) is 284 Å². The zero-order valence-corrected chi connectivity index (χ0v) is 61.1. The van der Waals surface area contributed by atoms with E-state index in [0.717, 1.165) is 80.3 Å². The van der Waals surface area contributed by atoms with Crippen molar-refractivity contribution in [2.24, 2.45) is 16.2 Å². The van der Waals surface area contributed by atoms with Crippen molar-refractivity contribution in [3.05, 3.63) is 109 Å². The SMILES string of the molecule is CC.CC(C)(C)c1cc(CCC=O)cc(C(C)(C)C)c1O.CCC(C)(C)C/C(O)=C(\C=C(/C)CCC(=O)OCC(COC)(COC(=O)CCc1cc(C(C)(C)C)c(O)c(C(C)(C)C)c1)COC(=O)CCc1cc(C(C)(C)C)c(O)c(C(C)(C)C)c1)C(C)(C)C. The Bertz CT molecular complexity index is 2660. The number of aliphatic hydroxyl groups is 1. The number of aryl methyl sites for hydroxylation is 3. The predicted octanol–water partition coefficient (Wildman–Crippen LogP) is 18.7. The molecule has 0 bridgehead atoms. The first kappa shape index (κ1) is 81.4. The molecule has 0 amide bonds. The van der Waals surface area contributed by atoms with Crippen LogP contribution in [-0.4, -0.2) is 78.2 Å². The molecule has 0 aliphatic heterocycles. The molecule has 0 aliphatic carbocycles. The fraction of sp³-hybridized carbons (Fsp3) is 0.662. The van der Waals surface area contributed by atoms with Gasteiger partial charge in [-0.1, -0.05) is 234 Å². The van der Waals surface area contributed by atoms with Crippen molar-refractivity contribution < 1.29 is 58.6 Å². The van der Waals surface area contributed by atoms with Gasteiger partial charge in [0.1, 0.15) is 43.4 Å². The molecule has 0 unspecified atom stereocenters. The Morgan fingerprint density at radius 3 is 1.01 bits per heavy atom. The summed E-state index contributed by atoms with van der Waals surface area (Å²) < 4.78 is 23.4. The third kappa shape index (κ3) is 26.6. The van der Waals surface area contributed by atoms with Crippen molar-refractivity contribution >= 4 is 24.2 Å². The highest BCUT2D eigenvalue weighted by atomic mass is 16.6. The molecule has 3 rings (SSSR count). The summed E-state index contributed by atoms with van der Waals surface area (Å²) >= 11 is 0. The van der Waals surface area contributed by atoms with Gasteiger partial charge in [0.2, 0.25) is 0 Å². The van der Waals surface area contributed by atoms with Gasteiger partial charge in [0.25, 0.3) is 0 Å². The fourth-order valence-corrected chi connectivity index (χ4v) is 10.2. The fourth-order valence-electron chi connectivity index (χ4n) is 10.2. The van der Waals surface area contributed by atoms with E-state index in [9.17, 15) is 39.6 Å². The smallest absolute Gasteiger partial charge is 0.306 e. The van der Waals surface area contributed by atoms with Crippen LogP contribution in [0.4, 0.5) is 0 Å². The van der Waals surface area contributed by atoms with Crippen LogP contribution in [0.15, 0.2) is 59.4 Å². The molecule has 4 N–H and O–H groups in total. The number of hydrogen-bond acceptors (Lipinski definition) is 12. The van der Waals surface area contributed by atoms with Gasteiger partial charge in [0, 0.05) is 39.2 Å². The van der Waals surface area contributed by atoms with Crippen molar-refractivity contribution in [2.75, 3.05) is 33.5 Å². The number of hydrogen-bond donors (Lipinski definition) is 4. The Kier molecular flexibility index (Phi) is 30.3. The molecule has 0 aliphatic rings. The van der Waals surface area contributed by atoms with Crippen LogP contribution in [0.25, 0.3) is 0 Å². The maximum absolute atomic E-state index is 13.6. The molecule has 3 aromatic carbocycles. The zero-order valence-electron chi connectivity index (χ0n) is 61.1. The lowest BCUT2D eigenvalue weighted by molar-refractivity contribution is -0.166. The van der Waals surface area contributed by atoms with Gasteiger partial charge in [-0.25, -0.2) is 0 Å². The van der Waals surface area contributed by atoms with Gasteiger partial charge in [-0.2, -0.15) is 0 Å². The quantitative estimate of drug-likeness (QED) is 0.0219. The molecule has 0 fully saturated rings. The molecule has 89 heavy (non-hydrogen) atoms. The van der Waals surface area contributed by atoms with Gasteiger partial charge >= 0.3 is 17.9 Å². The number of aldehydes is 1. The Balaban J connectivity index is 0.00000159. The first-order chi connectivity index (χ1) is 40.4. The summed E-state index contributed by atoms with van der Waals surface area (Å²) in [6.45, 7) is 54.8. The first-order valence-corrected chi connectivity index (χ1v) is 32.5. The van der Waals surface area contributed by atoms with Gasteiger partial charge < -0.3 is 44.2 Å². The molecule has 3 aromatic rings. The Labute approximate surface area is 540 Å². The number of methoxy groups -OCH3 is 1. The number of aliphatic hydroxyl groups excluding tert-OH is 1. The van der Waals surface area contributed by atoms with Gasteiger partial charge in [-0.05, 0) is 132 Å². The van der Waals surface area contributed by atoms with E-state index in [4.69, 9.17) is 18.9 Å². The summed E-state index contributed by atoms with van der Waals surface area (Å²) in [5, 5.41) is 44.3. The molecule has 0 aromatic heterocycles. The van der Waals surface area contributed by atoms with Crippen molar-refractivity contribution in [3.63, 3.8) is 0 Å². The third-order valence-electron chi connectivity index (χ3n) is 16.0. The van der Waals surface area contributed by atoms with Crippen LogP contribution < -0.4 is 0 Å². The molecule has 0 heterocycles. The molecule has 0 radical (unpaired) electrons. The number of esters is 3. The van der Waals surface area contributed by atoms with E-state index in [0.29, 0.717) is 43.6 Å². The largest absolute Gasteiger partial charge is 0.512 e. The Morgan fingerprint density at radius 1 is 0.461 bits per heavy atom. The second-order valence-electron chi connectivity index (χ2n) is 32.5. The molecule has 12 nitrogen and oxygen atoms in total. The summed E-state index contributed by atoms with van der Waals surface area (Å²) in [4.78, 5) is 51.1.